The Bertz CT molecular complexity index is 747. The van der Waals surface area contributed by atoms with Gasteiger partial charge in [-0.05, 0) is 12.1 Å². The molecule has 0 saturated carbocycles. The number of nitrogens with one attached hydrogen (secondary N) is 1. The Kier molecular flexibility index (Phi) is 5.22. The summed E-state index contributed by atoms with van der Waals surface area (Å²) < 4.78 is 10.1. The summed E-state index contributed by atoms with van der Waals surface area (Å²) in [5, 5.41) is 2.87. The van der Waals surface area contributed by atoms with Crippen molar-refractivity contribution in [3.63, 3.8) is 0 Å². The second-order valence-corrected chi connectivity index (χ2v) is 7.56. The summed E-state index contributed by atoms with van der Waals surface area (Å²) in [5.74, 6) is -1.07. The summed E-state index contributed by atoms with van der Waals surface area (Å²) in [6.07, 6.45) is 1.22. The highest BCUT2D eigenvalue weighted by atomic mass is 32.2. The molecule has 0 unspecified atom stereocenters. The first-order chi connectivity index (χ1) is 12.4. The van der Waals surface area contributed by atoms with E-state index in [9.17, 15) is 14.4 Å². The van der Waals surface area contributed by atoms with Gasteiger partial charge in [-0.15, -0.1) is 0 Å². The molecule has 1 N–H and O–H groups in total. The molecule has 138 valence electrons. The zero-order valence-electron chi connectivity index (χ0n) is 14.6. The van der Waals surface area contributed by atoms with E-state index in [1.54, 1.807) is 29.2 Å². The number of carbonyl (C=O) groups excluding carboxylic acids is 3. The molecule has 0 aliphatic carbocycles. The van der Waals surface area contributed by atoms with Crippen LogP contribution in [0.25, 0.3) is 0 Å². The van der Waals surface area contributed by atoms with E-state index in [1.807, 2.05) is 11.8 Å². The van der Waals surface area contributed by atoms with E-state index in [2.05, 4.69) is 5.32 Å². The molecule has 3 rings (SSSR count). The Labute approximate surface area is 155 Å². The van der Waals surface area contributed by atoms with E-state index < -0.39 is 17.7 Å². The van der Waals surface area contributed by atoms with Crippen LogP contribution in [-0.4, -0.2) is 53.1 Å². The van der Waals surface area contributed by atoms with Crippen LogP contribution in [0.5, 0.6) is 0 Å². The number of hydrogen-bond donors (Lipinski definition) is 1. The summed E-state index contributed by atoms with van der Waals surface area (Å²) in [6.45, 7) is 4.37. The van der Waals surface area contributed by atoms with Crippen molar-refractivity contribution in [2.45, 2.75) is 19.6 Å². The van der Waals surface area contributed by atoms with Crippen molar-refractivity contribution in [1.29, 1.82) is 0 Å². The minimum Gasteiger partial charge on any atom is -0.419 e. The van der Waals surface area contributed by atoms with Crippen molar-refractivity contribution in [2.24, 2.45) is 0 Å². The van der Waals surface area contributed by atoms with Gasteiger partial charge in [0.05, 0.1) is 11.3 Å². The maximum Gasteiger partial charge on any atom is 0.350 e. The third-order valence-electron chi connectivity index (χ3n) is 3.94. The van der Waals surface area contributed by atoms with E-state index in [4.69, 9.17) is 9.47 Å². The number of amides is 1. The van der Waals surface area contributed by atoms with Gasteiger partial charge in [-0.2, -0.15) is 11.8 Å². The average molecular weight is 376 g/mol. The van der Waals surface area contributed by atoms with E-state index in [0.717, 1.165) is 11.5 Å². The molecule has 1 aromatic rings. The van der Waals surface area contributed by atoms with E-state index in [0.29, 0.717) is 24.3 Å². The lowest BCUT2D eigenvalue weighted by atomic mass is 10.1. The lowest BCUT2D eigenvalue weighted by Gasteiger charge is -2.29. The van der Waals surface area contributed by atoms with Crippen LogP contribution in [0.4, 0.5) is 5.69 Å². The second kappa shape index (κ2) is 7.41. The van der Waals surface area contributed by atoms with Crippen LogP contribution in [0.15, 0.2) is 36.0 Å². The number of cyclic esters (lactones) is 2. The molecule has 7 nitrogen and oxygen atoms in total. The summed E-state index contributed by atoms with van der Waals surface area (Å²) in [4.78, 5) is 38.6. The van der Waals surface area contributed by atoms with Crippen LogP contribution in [0.3, 0.4) is 0 Å². The molecule has 2 aliphatic heterocycles. The number of hydrogen-bond acceptors (Lipinski definition) is 7. The Hall–Kier alpha value is -2.48. The second-order valence-electron chi connectivity index (χ2n) is 6.33. The van der Waals surface area contributed by atoms with Crippen molar-refractivity contribution in [2.75, 3.05) is 29.9 Å². The number of rotatable bonds is 3. The number of esters is 2. The fraction of sp³-hybridized carbons (Fsp3) is 0.389. The van der Waals surface area contributed by atoms with Crippen molar-refractivity contribution >= 4 is 35.3 Å². The zero-order valence-corrected chi connectivity index (χ0v) is 15.4. The maximum absolute atomic E-state index is 12.8. The molecule has 2 heterocycles. The fourth-order valence-corrected chi connectivity index (χ4v) is 3.56. The SMILES string of the molecule is CC1(C)OC(=O)C(=CNc2ccccc2C(=O)N2CCSCC2)C(=O)O1. The number of ether oxygens (including phenoxy) is 2. The van der Waals surface area contributed by atoms with Gasteiger partial charge in [-0.3, -0.25) is 4.79 Å². The van der Waals surface area contributed by atoms with Crippen LogP contribution in [-0.2, 0) is 19.1 Å². The van der Waals surface area contributed by atoms with Gasteiger partial charge in [-0.1, -0.05) is 12.1 Å². The van der Waals surface area contributed by atoms with Gasteiger partial charge in [0.1, 0.15) is 0 Å². The Balaban J connectivity index is 1.79. The van der Waals surface area contributed by atoms with E-state index in [-0.39, 0.29) is 11.5 Å². The molecule has 8 heteroatoms. The van der Waals surface area contributed by atoms with Crippen LogP contribution in [0, 0.1) is 0 Å². The number of carbonyl (C=O) groups is 3. The van der Waals surface area contributed by atoms with Crippen LogP contribution in [0.1, 0.15) is 24.2 Å². The van der Waals surface area contributed by atoms with Crippen LogP contribution in [0.2, 0.25) is 0 Å². The number of anilines is 1. The highest BCUT2D eigenvalue weighted by Crippen LogP contribution is 2.24. The summed E-state index contributed by atoms with van der Waals surface area (Å²) in [7, 11) is 0. The molecule has 0 atom stereocenters. The molecule has 26 heavy (non-hydrogen) atoms. The number of thioether (sulfide) groups is 1. The van der Waals surface area contributed by atoms with Crippen LogP contribution < -0.4 is 5.32 Å². The summed E-state index contributed by atoms with van der Waals surface area (Å²) in [5.41, 5.74) is 0.740. The number of para-hydroxylation sites is 1. The molecule has 1 amide bonds. The Morgan fingerprint density at radius 3 is 2.42 bits per heavy atom. The molecule has 0 aromatic heterocycles. The molecular weight excluding hydrogens is 356 g/mol. The third kappa shape index (κ3) is 4.01. The fourth-order valence-electron chi connectivity index (χ4n) is 2.66. The van der Waals surface area contributed by atoms with Gasteiger partial charge in [0.25, 0.3) is 11.7 Å². The zero-order chi connectivity index (χ0) is 18.7. The monoisotopic (exact) mass is 376 g/mol. The Morgan fingerprint density at radius 2 is 1.77 bits per heavy atom. The minimum absolute atomic E-state index is 0.0817. The van der Waals surface area contributed by atoms with Crippen molar-refractivity contribution in [3.05, 3.63) is 41.6 Å². The predicted molar refractivity (Wildman–Crippen MR) is 97.6 cm³/mol. The standard InChI is InChI=1S/C18H20N2O5S/c1-18(2)24-16(22)13(17(23)25-18)11-19-14-6-4-3-5-12(14)15(21)20-7-9-26-10-8-20/h3-6,11,19H,7-10H2,1-2H3. The lowest BCUT2D eigenvalue weighted by Crippen LogP contribution is -2.42. The van der Waals surface area contributed by atoms with Crippen molar-refractivity contribution < 1.29 is 23.9 Å². The molecular formula is C18H20N2O5S. The molecule has 0 bridgehead atoms. The topological polar surface area (TPSA) is 84.9 Å². The summed E-state index contributed by atoms with van der Waals surface area (Å²) in [6, 6.07) is 6.97. The van der Waals surface area contributed by atoms with Gasteiger partial charge in [-0.25, -0.2) is 9.59 Å². The first-order valence-corrected chi connectivity index (χ1v) is 9.42. The number of nitrogens with zero attached hydrogens (tertiary/aromatic N) is 1. The molecule has 1 aromatic carbocycles. The van der Waals surface area contributed by atoms with Crippen LogP contribution >= 0.6 is 11.8 Å². The first kappa shape index (κ1) is 18.3. The molecule has 2 saturated heterocycles. The smallest absolute Gasteiger partial charge is 0.350 e. The minimum atomic E-state index is -1.29. The number of benzene rings is 1. The molecule has 0 radical (unpaired) electrons. The van der Waals surface area contributed by atoms with Gasteiger partial charge in [0, 0.05) is 44.6 Å². The van der Waals surface area contributed by atoms with E-state index >= 15 is 0 Å². The predicted octanol–water partition coefficient (Wildman–Crippen LogP) is 2.01. The summed E-state index contributed by atoms with van der Waals surface area (Å²) >= 11 is 1.82. The lowest BCUT2D eigenvalue weighted by molar-refractivity contribution is -0.222. The molecule has 0 spiro atoms. The highest BCUT2D eigenvalue weighted by molar-refractivity contribution is 7.99. The largest absolute Gasteiger partial charge is 0.419 e. The van der Waals surface area contributed by atoms with Gasteiger partial charge >= 0.3 is 11.9 Å². The van der Waals surface area contributed by atoms with E-state index in [1.165, 1.54) is 20.0 Å². The Morgan fingerprint density at radius 1 is 1.15 bits per heavy atom. The van der Waals surface area contributed by atoms with Gasteiger partial charge < -0.3 is 19.7 Å². The maximum atomic E-state index is 12.8. The molecule has 2 fully saturated rings. The highest BCUT2D eigenvalue weighted by Gasteiger charge is 2.39. The van der Waals surface area contributed by atoms with Crippen molar-refractivity contribution in [1.82, 2.24) is 4.90 Å². The van der Waals surface area contributed by atoms with Gasteiger partial charge in [0.2, 0.25) is 0 Å². The average Bonchev–Trinajstić information content (AvgIpc) is 2.60. The first-order valence-electron chi connectivity index (χ1n) is 8.27. The quantitative estimate of drug-likeness (QED) is 0.491. The third-order valence-corrected chi connectivity index (χ3v) is 4.89. The van der Waals surface area contributed by atoms with Gasteiger partial charge in [0.15, 0.2) is 5.57 Å². The normalized spacial score (nSPS) is 19.5. The molecule has 2 aliphatic rings. The van der Waals surface area contributed by atoms with Crippen molar-refractivity contribution in [3.8, 4) is 0 Å².